The average molecular weight is 603 g/mol. The van der Waals surface area contributed by atoms with E-state index in [1.54, 1.807) is 0 Å². The smallest absolute Gasteiger partial charge is 0.168 e. The summed E-state index contributed by atoms with van der Waals surface area (Å²) in [7, 11) is 0. The molecule has 6 aromatic carbocycles. The standard InChI is InChI=1S/C42H26N4O/c1-3-11-27(12-4-1)29-19-23-31(24-20-29)40-44-41(32-25-21-30(22-26-32)28-13-5-2-6-14-28)46-42(45-40)37-33-15-7-9-17-35(33)43-38-34-16-8-10-18-36(34)47-39(37)38/h1-26H. The molecule has 0 saturated heterocycles. The maximum absolute atomic E-state index is 6.50. The van der Waals surface area contributed by atoms with Gasteiger partial charge >= 0.3 is 0 Å². The van der Waals surface area contributed by atoms with Crippen molar-refractivity contribution in [2.24, 2.45) is 0 Å². The zero-order valence-corrected chi connectivity index (χ0v) is 25.2. The zero-order valence-electron chi connectivity index (χ0n) is 25.2. The summed E-state index contributed by atoms with van der Waals surface area (Å²) in [5.74, 6) is 1.70. The first-order chi connectivity index (χ1) is 23.3. The lowest BCUT2D eigenvalue weighted by atomic mass is 10.0. The second-order valence-corrected chi connectivity index (χ2v) is 11.5. The quantitative estimate of drug-likeness (QED) is 0.196. The minimum Gasteiger partial charge on any atom is -0.454 e. The summed E-state index contributed by atoms with van der Waals surface area (Å²) in [5, 5.41) is 1.87. The van der Waals surface area contributed by atoms with Gasteiger partial charge in [0.05, 0.1) is 11.1 Å². The summed E-state index contributed by atoms with van der Waals surface area (Å²) < 4.78 is 6.50. The molecule has 0 fully saturated rings. The van der Waals surface area contributed by atoms with E-state index in [-0.39, 0.29) is 0 Å². The Morgan fingerprint density at radius 2 is 0.787 bits per heavy atom. The summed E-state index contributed by atoms with van der Waals surface area (Å²) in [6.07, 6.45) is 0. The van der Waals surface area contributed by atoms with Crippen molar-refractivity contribution in [3.8, 4) is 56.4 Å². The maximum Gasteiger partial charge on any atom is 0.168 e. The first-order valence-corrected chi connectivity index (χ1v) is 15.6. The third-order valence-electron chi connectivity index (χ3n) is 8.56. The van der Waals surface area contributed by atoms with Gasteiger partial charge in [-0.15, -0.1) is 0 Å². The zero-order chi connectivity index (χ0) is 31.2. The Morgan fingerprint density at radius 1 is 0.340 bits per heavy atom. The molecule has 0 radical (unpaired) electrons. The Balaban J connectivity index is 1.27. The molecule has 9 aromatic rings. The number of hydrogen-bond donors (Lipinski definition) is 0. The van der Waals surface area contributed by atoms with Crippen molar-refractivity contribution in [1.82, 2.24) is 19.9 Å². The number of pyridine rings is 1. The monoisotopic (exact) mass is 602 g/mol. The molecule has 3 heterocycles. The molecule has 5 nitrogen and oxygen atoms in total. The molecule has 9 rings (SSSR count). The largest absolute Gasteiger partial charge is 0.454 e. The Bertz CT molecular complexity index is 2440. The summed E-state index contributed by atoms with van der Waals surface area (Å²) in [4.78, 5) is 20.3. The highest BCUT2D eigenvalue weighted by atomic mass is 16.3. The number of hydrogen-bond acceptors (Lipinski definition) is 5. The van der Waals surface area contributed by atoms with E-state index >= 15 is 0 Å². The van der Waals surface area contributed by atoms with E-state index in [1.165, 1.54) is 0 Å². The number of furan rings is 1. The normalized spacial score (nSPS) is 11.4. The van der Waals surface area contributed by atoms with Crippen molar-refractivity contribution in [3.05, 3.63) is 158 Å². The van der Waals surface area contributed by atoms with Crippen LogP contribution in [0.4, 0.5) is 0 Å². The van der Waals surface area contributed by atoms with Crippen LogP contribution in [0.15, 0.2) is 162 Å². The van der Waals surface area contributed by atoms with Crippen molar-refractivity contribution in [2.75, 3.05) is 0 Å². The Kier molecular flexibility index (Phi) is 6.39. The summed E-state index contributed by atoms with van der Waals surface area (Å²) in [5.41, 5.74) is 10.2. The lowest BCUT2D eigenvalue weighted by molar-refractivity contribution is 0.669. The fraction of sp³-hybridized carbons (Fsp3) is 0. The summed E-state index contributed by atoms with van der Waals surface area (Å²) in [6, 6.07) is 53.5. The highest BCUT2D eigenvalue weighted by molar-refractivity contribution is 6.14. The van der Waals surface area contributed by atoms with Crippen LogP contribution in [0.25, 0.3) is 89.4 Å². The molecule has 0 bridgehead atoms. The fourth-order valence-electron chi connectivity index (χ4n) is 6.19. The SMILES string of the molecule is c1ccc(-c2ccc(-c3nc(-c4ccc(-c5ccccc5)cc4)nc(-c4c5ccccc5nc5c4oc4ccccc45)n3)cc2)cc1. The van der Waals surface area contributed by atoms with Crippen LogP contribution in [-0.2, 0) is 0 Å². The van der Waals surface area contributed by atoms with Crippen LogP contribution in [0.1, 0.15) is 0 Å². The molecular weight excluding hydrogens is 576 g/mol. The lowest BCUT2D eigenvalue weighted by Gasteiger charge is -2.11. The minimum atomic E-state index is 0.534. The van der Waals surface area contributed by atoms with Gasteiger partial charge < -0.3 is 4.42 Å². The van der Waals surface area contributed by atoms with E-state index in [2.05, 4.69) is 103 Å². The Labute approximate surface area is 270 Å². The van der Waals surface area contributed by atoms with Gasteiger partial charge in [-0.3, -0.25) is 0 Å². The predicted molar refractivity (Wildman–Crippen MR) is 190 cm³/mol. The molecule has 0 saturated carbocycles. The van der Waals surface area contributed by atoms with E-state index in [9.17, 15) is 0 Å². The first kappa shape index (κ1) is 26.9. The molecule has 0 N–H and O–H groups in total. The summed E-state index contributed by atoms with van der Waals surface area (Å²) >= 11 is 0. The molecular formula is C42H26N4O. The summed E-state index contributed by atoms with van der Waals surface area (Å²) in [6.45, 7) is 0. The number of aromatic nitrogens is 4. The van der Waals surface area contributed by atoms with Gasteiger partial charge in [-0.2, -0.15) is 0 Å². The fourth-order valence-corrected chi connectivity index (χ4v) is 6.19. The van der Waals surface area contributed by atoms with Gasteiger partial charge in [0.2, 0.25) is 0 Å². The first-order valence-electron chi connectivity index (χ1n) is 15.6. The third-order valence-corrected chi connectivity index (χ3v) is 8.56. The topological polar surface area (TPSA) is 64.7 Å². The molecule has 0 atom stereocenters. The molecule has 0 spiro atoms. The van der Waals surface area contributed by atoms with Crippen LogP contribution >= 0.6 is 0 Å². The average Bonchev–Trinajstić information content (AvgIpc) is 3.52. The lowest BCUT2D eigenvalue weighted by Crippen LogP contribution is -2.01. The van der Waals surface area contributed by atoms with Crippen LogP contribution in [0.5, 0.6) is 0 Å². The van der Waals surface area contributed by atoms with Crippen molar-refractivity contribution in [1.29, 1.82) is 0 Å². The van der Waals surface area contributed by atoms with Crippen LogP contribution in [0.2, 0.25) is 0 Å². The molecule has 220 valence electrons. The Morgan fingerprint density at radius 3 is 1.38 bits per heavy atom. The molecule has 47 heavy (non-hydrogen) atoms. The van der Waals surface area contributed by atoms with Gasteiger partial charge in [-0.1, -0.05) is 140 Å². The van der Waals surface area contributed by atoms with Crippen molar-refractivity contribution in [2.45, 2.75) is 0 Å². The van der Waals surface area contributed by atoms with E-state index in [0.717, 1.165) is 66.3 Å². The molecule has 0 amide bonds. The minimum absolute atomic E-state index is 0.534. The van der Waals surface area contributed by atoms with Gasteiger partial charge in [0.15, 0.2) is 23.1 Å². The Hall–Kier alpha value is -6.46. The van der Waals surface area contributed by atoms with Gasteiger partial charge in [0.1, 0.15) is 11.1 Å². The van der Waals surface area contributed by atoms with Crippen molar-refractivity contribution < 1.29 is 4.42 Å². The van der Waals surface area contributed by atoms with Gasteiger partial charge in [0.25, 0.3) is 0 Å². The second kappa shape index (κ2) is 11.2. The van der Waals surface area contributed by atoms with E-state index in [4.69, 9.17) is 24.4 Å². The number of rotatable bonds is 5. The number of nitrogens with zero attached hydrogens (tertiary/aromatic N) is 4. The van der Waals surface area contributed by atoms with Crippen molar-refractivity contribution >= 4 is 33.0 Å². The highest BCUT2D eigenvalue weighted by Gasteiger charge is 2.22. The molecule has 3 aromatic heterocycles. The van der Waals surface area contributed by atoms with Gasteiger partial charge in [0, 0.05) is 21.9 Å². The molecule has 5 heteroatoms. The van der Waals surface area contributed by atoms with Crippen LogP contribution in [0, 0.1) is 0 Å². The van der Waals surface area contributed by atoms with Crippen LogP contribution in [-0.4, -0.2) is 19.9 Å². The molecule has 0 aliphatic carbocycles. The van der Waals surface area contributed by atoms with Crippen LogP contribution < -0.4 is 0 Å². The van der Waals surface area contributed by atoms with Gasteiger partial charge in [-0.25, -0.2) is 19.9 Å². The van der Waals surface area contributed by atoms with E-state index < -0.39 is 0 Å². The maximum atomic E-state index is 6.50. The van der Waals surface area contributed by atoms with E-state index in [1.807, 2.05) is 54.6 Å². The number of benzene rings is 6. The number of fused-ring (bicyclic) bond motifs is 4. The second-order valence-electron chi connectivity index (χ2n) is 11.5. The van der Waals surface area contributed by atoms with E-state index in [0.29, 0.717) is 23.1 Å². The molecule has 0 unspecified atom stereocenters. The number of para-hydroxylation sites is 2. The van der Waals surface area contributed by atoms with Gasteiger partial charge in [-0.05, 0) is 40.5 Å². The molecule has 0 aliphatic heterocycles. The predicted octanol–water partition coefficient (Wildman–Crippen LogP) is 10.7. The van der Waals surface area contributed by atoms with Crippen LogP contribution in [0.3, 0.4) is 0 Å². The van der Waals surface area contributed by atoms with Crippen molar-refractivity contribution in [3.63, 3.8) is 0 Å². The third kappa shape index (κ3) is 4.82. The molecule has 0 aliphatic rings. The highest BCUT2D eigenvalue weighted by Crippen LogP contribution is 2.39.